The van der Waals surface area contributed by atoms with Crippen LogP contribution in [0.4, 0.5) is 5.69 Å². The SMILES string of the molecule is CC(=O)Nc1cccc([C@@H](C)NC(=O)Cc2ccc(-c3csc(C)n3)cc2)c1. The number of hydrogen-bond acceptors (Lipinski definition) is 4. The van der Waals surface area contributed by atoms with Gasteiger partial charge in [-0.1, -0.05) is 36.4 Å². The fourth-order valence-corrected chi connectivity index (χ4v) is 3.56. The minimum Gasteiger partial charge on any atom is -0.349 e. The van der Waals surface area contributed by atoms with E-state index in [1.54, 1.807) is 11.3 Å². The summed E-state index contributed by atoms with van der Waals surface area (Å²) in [6.45, 7) is 5.39. The van der Waals surface area contributed by atoms with Crippen LogP contribution >= 0.6 is 11.3 Å². The Labute approximate surface area is 168 Å². The lowest BCUT2D eigenvalue weighted by atomic mass is 10.1. The number of anilines is 1. The molecule has 1 aromatic heterocycles. The molecule has 144 valence electrons. The van der Waals surface area contributed by atoms with Crippen LogP contribution in [-0.2, 0) is 16.0 Å². The van der Waals surface area contributed by atoms with Gasteiger partial charge in [0, 0.05) is 23.6 Å². The van der Waals surface area contributed by atoms with Crippen molar-refractivity contribution in [3.63, 3.8) is 0 Å². The number of aryl methyl sites for hydroxylation is 1. The number of nitrogens with zero attached hydrogens (tertiary/aromatic N) is 1. The Morgan fingerprint density at radius 3 is 2.54 bits per heavy atom. The Balaban J connectivity index is 1.60. The van der Waals surface area contributed by atoms with Gasteiger partial charge in [-0.25, -0.2) is 4.98 Å². The van der Waals surface area contributed by atoms with Crippen molar-refractivity contribution in [1.82, 2.24) is 10.3 Å². The van der Waals surface area contributed by atoms with Crippen LogP contribution in [0.1, 0.15) is 36.0 Å². The highest BCUT2D eigenvalue weighted by Gasteiger charge is 2.11. The van der Waals surface area contributed by atoms with E-state index in [0.29, 0.717) is 6.42 Å². The van der Waals surface area contributed by atoms with E-state index < -0.39 is 0 Å². The van der Waals surface area contributed by atoms with Gasteiger partial charge in [0.1, 0.15) is 0 Å². The van der Waals surface area contributed by atoms with Gasteiger partial charge < -0.3 is 10.6 Å². The van der Waals surface area contributed by atoms with Crippen molar-refractivity contribution in [2.45, 2.75) is 33.2 Å². The van der Waals surface area contributed by atoms with Crippen molar-refractivity contribution < 1.29 is 9.59 Å². The summed E-state index contributed by atoms with van der Waals surface area (Å²) in [6, 6.07) is 15.3. The Bertz CT molecular complexity index is 979. The van der Waals surface area contributed by atoms with Crippen LogP contribution in [0.25, 0.3) is 11.3 Å². The van der Waals surface area contributed by atoms with Crippen molar-refractivity contribution in [3.05, 3.63) is 70.0 Å². The number of rotatable bonds is 6. The number of aromatic nitrogens is 1. The van der Waals surface area contributed by atoms with Gasteiger partial charge in [0.25, 0.3) is 0 Å². The zero-order chi connectivity index (χ0) is 20.1. The molecule has 2 N–H and O–H groups in total. The zero-order valence-corrected chi connectivity index (χ0v) is 17.0. The van der Waals surface area contributed by atoms with E-state index in [2.05, 4.69) is 15.6 Å². The lowest BCUT2D eigenvalue weighted by Crippen LogP contribution is -2.28. The quantitative estimate of drug-likeness (QED) is 0.648. The average molecular weight is 394 g/mol. The highest BCUT2D eigenvalue weighted by Crippen LogP contribution is 2.22. The topological polar surface area (TPSA) is 71.1 Å². The van der Waals surface area contributed by atoms with Crippen LogP contribution in [0.3, 0.4) is 0 Å². The van der Waals surface area contributed by atoms with Crippen molar-refractivity contribution in [3.8, 4) is 11.3 Å². The van der Waals surface area contributed by atoms with Gasteiger partial charge in [0.05, 0.1) is 23.2 Å². The van der Waals surface area contributed by atoms with Crippen molar-refractivity contribution in [2.24, 2.45) is 0 Å². The molecule has 3 rings (SSSR count). The van der Waals surface area contributed by atoms with Gasteiger partial charge in [0.2, 0.25) is 11.8 Å². The predicted octanol–water partition coefficient (Wildman–Crippen LogP) is 4.50. The van der Waals surface area contributed by atoms with E-state index >= 15 is 0 Å². The number of benzene rings is 2. The van der Waals surface area contributed by atoms with Crippen LogP contribution in [-0.4, -0.2) is 16.8 Å². The molecule has 2 aromatic carbocycles. The Morgan fingerprint density at radius 2 is 1.89 bits per heavy atom. The van der Waals surface area contributed by atoms with Gasteiger partial charge in [-0.05, 0) is 37.1 Å². The molecule has 0 unspecified atom stereocenters. The molecule has 0 aliphatic rings. The van der Waals surface area contributed by atoms with Crippen LogP contribution < -0.4 is 10.6 Å². The first-order chi connectivity index (χ1) is 13.4. The minimum atomic E-state index is -0.154. The number of hydrogen-bond donors (Lipinski definition) is 2. The third-order valence-electron chi connectivity index (χ3n) is 4.32. The summed E-state index contributed by atoms with van der Waals surface area (Å²) in [5, 5.41) is 8.84. The van der Waals surface area contributed by atoms with Crippen LogP contribution in [0, 0.1) is 6.92 Å². The predicted molar refractivity (Wildman–Crippen MR) is 113 cm³/mol. The number of amides is 2. The average Bonchev–Trinajstić information content (AvgIpc) is 3.08. The fraction of sp³-hybridized carbons (Fsp3) is 0.227. The standard InChI is InChI=1S/C22H23N3O2S/c1-14(19-5-4-6-20(12-19)24-15(2)26)23-22(27)11-17-7-9-18(10-8-17)21-13-28-16(3)25-21/h4-10,12-14H,11H2,1-3H3,(H,23,27)(H,24,26)/t14-/m1/s1. The molecule has 5 nitrogen and oxygen atoms in total. The summed E-state index contributed by atoms with van der Waals surface area (Å²) in [7, 11) is 0. The molecule has 3 aromatic rings. The Kier molecular flexibility index (Phi) is 6.21. The lowest BCUT2D eigenvalue weighted by molar-refractivity contribution is -0.121. The summed E-state index contributed by atoms with van der Waals surface area (Å²) in [5.41, 5.74) is 4.63. The van der Waals surface area contributed by atoms with Crippen LogP contribution in [0.15, 0.2) is 53.9 Å². The molecule has 0 bridgehead atoms. The Morgan fingerprint density at radius 1 is 1.14 bits per heavy atom. The van der Waals surface area contributed by atoms with Crippen molar-refractivity contribution in [1.29, 1.82) is 0 Å². The first-order valence-corrected chi connectivity index (χ1v) is 9.97. The first kappa shape index (κ1) is 19.8. The summed E-state index contributed by atoms with van der Waals surface area (Å²) in [6.07, 6.45) is 0.312. The van der Waals surface area contributed by atoms with Crippen LogP contribution in [0.5, 0.6) is 0 Å². The maximum absolute atomic E-state index is 12.4. The summed E-state index contributed by atoms with van der Waals surface area (Å²) < 4.78 is 0. The summed E-state index contributed by atoms with van der Waals surface area (Å²) in [5.74, 6) is -0.167. The molecule has 0 saturated heterocycles. The molecule has 0 radical (unpaired) electrons. The first-order valence-electron chi connectivity index (χ1n) is 9.09. The van der Waals surface area contributed by atoms with Gasteiger partial charge in [0.15, 0.2) is 0 Å². The molecule has 6 heteroatoms. The molecule has 0 spiro atoms. The second kappa shape index (κ2) is 8.80. The minimum absolute atomic E-state index is 0.0466. The third kappa shape index (κ3) is 5.27. The third-order valence-corrected chi connectivity index (χ3v) is 5.09. The van der Waals surface area contributed by atoms with Crippen molar-refractivity contribution in [2.75, 3.05) is 5.32 Å². The van der Waals surface area contributed by atoms with Gasteiger partial charge in [-0.15, -0.1) is 11.3 Å². The van der Waals surface area contributed by atoms with Crippen molar-refractivity contribution >= 4 is 28.8 Å². The monoisotopic (exact) mass is 393 g/mol. The molecule has 2 amide bonds. The molecule has 0 aliphatic carbocycles. The molecular formula is C22H23N3O2S. The normalized spacial score (nSPS) is 11.7. The number of carbonyl (C=O) groups is 2. The molecule has 0 saturated carbocycles. The highest BCUT2D eigenvalue weighted by molar-refractivity contribution is 7.09. The molecular weight excluding hydrogens is 370 g/mol. The molecule has 0 aliphatic heterocycles. The number of nitrogens with one attached hydrogen (secondary N) is 2. The van der Waals surface area contributed by atoms with E-state index in [-0.39, 0.29) is 17.9 Å². The smallest absolute Gasteiger partial charge is 0.224 e. The van der Waals surface area contributed by atoms with Gasteiger partial charge in [-0.3, -0.25) is 9.59 Å². The van der Waals surface area contributed by atoms with E-state index in [1.165, 1.54) is 6.92 Å². The largest absolute Gasteiger partial charge is 0.349 e. The van der Waals surface area contributed by atoms with Crippen LogP contribution in [0.2, 0.25) is 0 Å². The number of thiazole rings is 1. The maximum atomic E-state index is 12.4. The van der Waals surface area contributed by atoms with Gasteiger partial charge in [-0.2, -0.15) is 0 Å². The maximum Gasteiger partial charge on any atom is 0.224 e. The summed E-state index contributed by atoms with van der Waals surface area (Å²) >= 11 is 1.62. The molecule has 0 fully saturated rings. The van der Waals surface area contributed by atoms with E-state index in [9.17, 15) is 9.59 Å². The van der Waals surface area contributed by atoms with Gasteiger partial charge >= 0.3 is 0 Å². The zero-order valence-electron chi connectivity index (χ0n) is 16.2. The highest BCUT2D eigenvalue weighted by atomic mass is 32.1. The van der Waals surface area contributed by atoms with E-state index in [4.69, 9.17) is 0 Å². The Hall–Kier alpha value is -2.99. The molecule has 1 atom stereocenters. The second-order valence-corrected chi connectivity index (χ2v) is 7.78. The molecule has 1 heterocycles. The molecule has 28 heavy (non-hydrogen) atoms. The lowest BCUT2D eigenvalue weighted by Gasteiger charge is -2.15. The van der Waals surface area contributed by atoms with E-state index in [1.807, 2.05) is 67.8 Å². The number of carbonyl (C=O) groups excluding carboxylic acids is 2. The fourth-order valence-electron chi connectivity index (χ4n) is 2.94. The van der Waals surface area contributed by atoms with E-state index in [0.717, 1.165) is 33.1 Å². The summed E-state index contributed by atoms with van der Waals surface area (Å²) in [4.78, 5) is 28.1. The second-order valence-electron chi connectivity index (χ2n) is 6.72.